The number of carbonyl (C=O) groups is 1. The lowest BCUT2D eigenvalue weighted by atomic mass is 9.78. The van der Waals surface area contributed by atoms with Gasteiger partial charge in [0, 0.05) is 40.2 Å². The Hall–Kier alpha value is -1.47. The molecule has 2 aliphatic rings. The number of rotatable bonds is 4. The lowest BCUT2D eigenvalue weighted by molar-refractivity contribution is -0.145. The van der Waals surface area contributed by atoms with Crippen LogP contribution in [0.1, 0.15) is 44.3 Å². The van der Waals surface area contributed by atoms with Gasteiger partial charge in [0.2, 0.25) is 11.8 Å². The molecule has 1 spiro atoms. The van der Waals surface area contributed by atoms with E-state index < -0.39 is 0 Å². The third-order valence-corrected chi connectivity index (χ3v) is 4.96. The maximum atomic E-state index is 11.5. The van der Waals surface area contributed by atoms with Crippen LogP contribution >= 0.6 is 0 Å². The SMILES string of the molecule is COCc1noc(CC2CCOC3(CCN(C(C)=O)CC3)C2)n1. The molecule has 1 unspecified atom stereocenters. The number of amides is 1. The minimum absolute atomic E-state index is 0.0791. The highest BCUT2D eigenvalue weighted by molar-refractivity contribution is 5.73. The van der Waals surface area contributed by atoms with Gasteiger partial charge in [-0.2, -0.15) is 4.98 Å². The van der Waals surface area contributed by atoms with Crippen LogP contribution in [-0.4, -0.2) is 53.4 Å². The molecule has 0 aromatic carbocycles. The first-order valence-corrected chi connectivity index (χ1v) is 8.30. The average molecular weight is 323 g/mol. The van der Waals surface area contributed by atoms with Gasteiger partial charge in [0.05, 0.1) is 5.60 Å². The van der Waals surface area contributed by atoms with Crippen molar-refractivity contribution in [2.24, 2.45) is 5.92 Å². The van der Waals surface area contributed by atoms with E-state index in [4.69, 9.17) is 14.0 Å². The molecular formula is C16H25N3O4. The zero-order chi connectivity index (χ0) is 16.3. The maximum Gasteiger partial charge on any atom is 0.227 e. The number of ether oxygens (including phenoxy) is 2. The van der Waals surface area contributed by atoms with Gasteiger partial charge >= 0.3 is 0 Å². The normalized spacial score (nSPS) is 24.1. The second-order valence-electron chi connectivity index (χ2n) is 6.64. The number of carbonyl (C=O) groups excluding carboxylic acids is 1. The highest BCUT2D eigenvalue weighted by Gasteiger charge is 2.41. The van der Waals surface area contributed by atoms with Crippen LogP contribution in [0.3, 0.4) is 0 Å². The minimum atomic E-state index is -0.0791. The van der Waals surface area contributed by atoms with Gasteiger partial charge in [0.25, 0.3) is 0 Å². The molecule has 1 amide bonds. The molecule has 2 saturated heterocycles. The number of nitrogens with zero attached hydrogens (tertiary/aromatic N) is 3. The van der Waals surface area contributed by atoms with Gasteiger partial charge in [-0.3, -0.25) is 4.79 Å². The monoisotopic (exact) mass is 323 g/mol. The Balaban J connectivity index is 1.56. The molecule has 3 rings (SSSR count). The lowest BCUT2D eigenvalue weighted by Crippen LogP contribution is -2.50. The lowest BCUT2D eigenvalue weighted by Gasteiger charge is -2.46. The van der Waals surface area contributed by atoms with Gasteiger partial charge in [0.1, 0.15) is 6.61 Å². The molecule has 1 atom stereocenters. The third kappa shape index (κ3) is 3.90. The van der Waals surface area contributed by atoms with Crippen molar-refractivity contribution >= 4 is 5.91 Å². The summed E-state index contributed by atoms with van der Waals surface area (Å²) in [7, 11) is 1.62. The summed E-state index contributed by atoms with van der Waals surface area (Å²) in [6.45, 7) is 4.36. The Kier molecular flexibility index (Phi) is 4.96. The summed E-state index contributed by atoms with van der Waals surface area (Å²) < 4.78 is 16.4. The first-order chi connectivity index (χ1) is 11.1. The van der Waals surface area contributed by atoms with Crippen molar-refractivity contribution in [3.63, 3.8) is 0 Å². The zero-order valence-corrected chi connectivity index (χ0v) is 13.9. The molecule has 3 heterocycles. The number of aromatic nitrogens is 2. The van der Waals surface area contributed by atoms with E-state index in [2.05, 4.69) is 10.1 Å². The number of hydrogen-bond donors (Lipinski definition) is 0. The third-order valence-electron chi connectivity index (χ3n) is 4.96. The van der Waals surface area contributed by atoms with Crippen molar-refractivity contribution in [3.05, 3.63) is 11.7 Å². The van der Waals surface area contributed by atoms with Crippen LogP contribution in [0.4, 0.5) is 0 Å². The Bertz CT molecular complexity index is 537. The Morgan fingerprint density at radius 1 is 1.43 bits per heavy atom. The molecule has 7 nitrogen and oxygen atoms in total. The van der Waals surface area contributed by atoms with Crippen molar-refractivity contribution in [2.75, 3.05) is 26.8 Å². The van der Waals surface area contributed by atoms with Crippen LogP contribution in [0.25, 0.3) is 0 Å². The van der Waals surface area contributed by atoms with E-state index in [0.717, 1.165) is 51.8 Å². The Morgan fingerprint density at radius 3 is 2.91 bits per heavy atom. The average Bonchev–Trinajstić information content (AvgIpc) is 2.95. The van der Waals surface area contributed by atoms with Gasteiger partial charge in [0.15, 0.2) is 5.82 Å². The number of methoxy groups -OCH3 is 1. The number of hydrogen-bond acceptors (Lipinski definition) is 6. The smallest absolute Gasteiger partial charge is 0.227 e. The molecule has 2 aliphatic heterocycles. The first-order valence-electron chi connectivity index (χ1n) is 8.30. The highest BCUT2D eigenvalue weighted by atomic mass is 16.5. The molecule has 23 heavy (non-hydrogen) atoms. The molecule has 0 N–H and O–H groups in total. The number of likely N-dealkylation sites (tertiary alicyclic amines) is 1. The Morgan fingerprint density at radius 2 is 2.22 bits per heavy atom. The fraction of sp³-hybridized carbons (Fsp3) is 0.812. The molecule has 7 heteroatoms. The molecule has 0 bridgehead atoms. The largest absolute Gasteiger partial charge is 0.377 e. The maximum absolute atomic E-state index is 11.5. The highest BCUT2D eigenvalue weighted by Crippen LogP contribution is 2.38. The van der Waals surface area contributed by atoms with Crippen LogP contribution in [0.2, 0.25) is 0 Å². The molecule has 1 aromatic heterocycles. The fourth-order valence-corrected chi connectivity index (χ4v) is 3.69. The van der Waals surface area contributed by atoms with Crippen molar-refractivity contribution in [2.45, 2.75) is 51.2 Å². The molecule has 1 aromatic rings. The van der Waals surface area contributed by atoms with Gasteiger partial charge in [-0.15, -0.1) is 0 Å². The second-order valence-corrected chi connectivity index (χ2v) is 6.64. The van der Waals surface area contributed by atoms with Crippen molar-refractivity contribution in [1.29, 1.82) is 0 Å². The van der Waals surface area contributed by atoms with Gasteiger partial charge in [-0.25, -0.2) is 0 Å². The Labute approximate surface area is 136 Å². The predicted molar refractivity (Wildman–Crippen MR) is 81.6 cm³/mol. The summed E-state index contributed by atoms with van der Waals surface area (Å²) in [6, 6.07) is 0. The number of piperidine rings is 1. The molecular weight excluding hydrogens is 298 g/mol. The van der Waals surface area contributed by atoms with Gasteiger partial charge < -0.3 is 18.9 Å². The summed E-state index contributed by atoms with van der Waals surface area (Å²) in [5, 5.41) is 3.92. The van der Waals surface area contributed by atoms with Crippen LogP contribution in [-0.2, 0) is 27.3 Å². The minimum Gasteiger partial charge on any atom is -0.377 e. The second kappa shape index (κ2) is 6.97. The predicted octanol–water partition coefficient (Wildman–Crippen LogP) is 1.57. The van der Waals surface area contributed by atoms with Gasteiger partial charge in [-0.1, -0.05) is 5.16 Å². The van der Waals surface area contributed by atoms with E-state index >= 15 is 0 Å². The summed E-state index contributed by atoms with van der Waals surface area (Å²) in [4.78, 5) is 17.8. The van der Waals surface area contributed by atoms with Crippen LogP contribution in [0.5, 0.6) is 0 Å². The topological polar surface area (TPSA) is 77.7 Å². The summed E-state index contributed by atoms with van der Waals surface area (Å²) >= 11 is 0. The first kappa shape index (κ1) is 16.4. The quantitative estimate of drug-likeness (QED) is 0.837. The van der Waals surface area contributed by atoms with Crippen molar-refractivity contribution < 1.29 is 18.8 Å². The summed E-state index contributed by atoms with van der Waals surface area (Å²) in [5.41, 5.74) is -0.0791. The zero-order valence-electron chi connectivity index (χ0n) is 13.9. The van der Waals surface area contributed by atoms with Crippen LogP contribution < -0.4 is 0 Å². The molecule has 0 saturated carbocycles. The van der Waals surface area contributed by atoms with E-state index in [1.54, 1.807) is 14.0 Å². The molecule has 2 fully saturated rings. The summed E-state index contributed by atoms with van der Waals surface area (Å²) in [5.74, 6) is 1.92. The van der Waals surface area contributed by atoms with E-state index in [1.807, 2.05) is 4.90 Å². The van der Waals surface area contributed by atoms with E-state index in [0.29, 0.717) is 24.2 Å². The van der Waals surface area contributed by atoms with E-state index in [-0.39, 0.29) is 11.5 Å². The summed E-state index contributed by atoms with van der Waals surface area (Å²) in [6.07, 6.45) is 4.64. The standard InChI is InChI=1S/C16H25N3O4/c1-12(20)19-6-4-16(5-7-19)10-13(3-8-22-16)9-15-17-14(11-21-2)18-23-15/h13H,3-11H2,1-2H3. The van der Waals surface area contributed by atoms with Crippen molar-refractivity contribution in [3.8, 4) is 0 Å². The fourth-order valence-electron chi connectivity index (χ4n) is 3.69. The molecule has 0 radical (unpaired) electrons. The molecule has 0 aliphatic carbocycles. The van der Waals surface area contributed by atoms with Crippen molar-refractivity contribution in [1.82, 2.24) is 15.0 Å². The van der Waals surface area contributed by atoms with Crippen LogP contribution in [0.15, 0.2) is 4.52 Å². The molecule has 128 valence electrons. The van der Waals surface area contributed by atoms with Crippen LogP contribution in [0, 0.1) is 5.92 Å². The van der Waals surface area contributed by atoms with E-state index in [9.17, 15) is 4.79 Å². The van der Waals surface area contributed by atoms with Gasteiger partial charge in [-0.05, 0) is 31.6 Å². The van der Waals surface area contributed by atoms with E-state index in [1.165, 1.54) is 0 Å².